The molecule has 1 amide bonds. The molecule has 0 unspecified atom stereocenters. The van der Waals surface area contributed by atoms with Gasteiger partial charge in [-0.25, -0.2) is 0 Å². The molecule has 110 valence electrons. The maximum Gasteiger partial charge on any atom is 0.387 e. The molecule has 0 fully saturated rings. The Morgan fingerprint density at radius 1 is 1.35 bits per heavy atom. The van der Waals surface area contributed by atoms with Crippen molar-refractivity contribution >= 4 is 29.2 Å². The fourth-order valence-electron chi connectivity index (χ4n) is 1.39. The van der Waals surface area contributed by atoms with Gasteiger partial charge in [-0.1, -0.05) is 11.6 Å². The SMILES string of the molecule is O=C(O)CCCC(=O)Nc1ccc(OC(F)F)c(Cl)c1. The van der Waals surface area contributed by atoms with Crippen LogP contribution in [0.4, 0.5) is 14.5 Å². The highest BCUT2D eigenvalue weighted by molar-refractivity contribution is 6.32. The molecule has 1 rings (SSSR count). The van der Waals surface area contributed by atoms with Crippen molar-refractivity contribution in [1.29, 1.82) is 0 Å². The predicted molar refractivity (Wildman–Crippen MR) is 68.2 cm³/mol. The van der Waals surface area contributed by atoms with Crippen LogP contribution in [0.15, 0.2) is 18.2 Å². The van der Waals surface area contributed by atoms with E-state index in [4.69, 9.17) is 16.7 Å². The summed E-state index contributed by atoms with van der Waals surface area (Å²) in [7, 11) is 0. The lowest BCUT2D eigenvalue weighted by Gasteiger charge is -2.09. The van der Waals surface area contributed by atoms with Crippen LogP contribution in [0, 0.1) is 0 Å². The van der Waals surface area contributed by atoms with Crippen LogP contribution in [-0.2, 0) is 9.59 Å². The summed E-state index contributed by atoms with van der Waals surface area (Å²) < 4.78 is 28.2. The molecule has 0 aliphatic heterocycles. The molecule has 0 aliphatic carbocycles. The van der Waals surface area contributed by atoms with E-state index >= 15 is 0 Å². The molecule has 1 aromatic rings. The van der Waals surface area contributed by atoms with Crippen molar-refractivity contribution in [3.05, 3.63) is 23.2 Å². The first-order valence-electron chi connectivity index (χ1n) is 5.64. The van der Waals surface area contributed by atoms with Gasteiger partial charge in [0.25, 0.3) is 0 Å². The first-order valence-corrected chi connectivity index (χ1v) is 6.02. The van der Waals surface area contributed by atoms with Gasteiger partial charge in [0.2, 0.25) is 5.91 Å². The number of aliphatic carboxylic acids is 1. The number of hydrogen-bond acceptors (Lipinski definition) is 3. The van der Waals surface area contributed by atoms with Gasteiger partial charge in [-0.3, -0.25) is 9.59 Å². The predicted octanol–water partition coefficient (Wildman–Crippen LogP) is 3.13. The van der Waals surface area contributed by atoms with Crippen LogP contribution in [-0.4, -0.2) is 23.6 Å². The number of hydrogen-bond donors (Lipinski definition) is 2. The Morgan fingerprint density at radius 2 is 2.05 bits per heavy atom. The van der Waals surface area contributed by atoms with E-state index < -0.39 is 12.6 Å². The van der Waals surface area contributed by atoms with Crippen LogP contribution in [0.5, 0.6) is 5.75 Å². The van der Waals surface area contributed by atoms with E-state index in [0.29, 0.717) is 5.69 Å². The minimum atomic E-state index is -2.98. The Labute approximate surface area is 118 Å². The lowest BCUT2D eigenvalue weighted by Crippen LogP contribution is -2.12. The fraction of sp³-hybridized carbons (Fsp3) is 0.333. The number of anilines is 1. The van der Waals surface area contributed by atoms with Gasteiger partial charge in [0.15, 0.2) is 0 Å². The van der Waals surface area contributed by atoms with Crippen molar-refractivity contribution in [3.8, 4) is 5.75 Å². The van der Waals surface area contributed by atoms with Gasteiger partial charge >= 0.3 is 12.6 Å². The Balaban J connectivity index is 2.54. The maximum absolute atomic E-state index is 12.0. The summed E-state index contributed by atoms with van der Waals surface area (Å²) >= 11 is 5.72. The Morgan fingerprint density at radius 3 is 2.60 bits per heavy atom. The molecular formula is C12H12ClF2NO4. The molecule has 0 spiro atoms. The summed E-state index contributed by atoms with van der Waals surface area (Å²) in [6, 6.07) is 3.84. The molecule has 5 nitrogen and oxygen atoms in total. The average Bonchev–Trinajstić information content (AvgIpc) is 2.31. The van der Waals surface area contributed by atoms with Crippen molar-refractivity contribution in [3.63, 3.8) is 0 Å². The smallest absolute Gasteiger partial charge is 0.387 e. The number of carbonyl (C=O) groups excluding carboxylic acids is 1. The van der Waals surface area contributed by atoms with E-state index in [9.17, 15) is 18.4 Å². The van der Waals surface area contributed by atoms with Gasteiger partial charge in [0.05, 0.1) is 5.02 Å². The summed E-state index contributed by atoms with van der Waals surface area (Å²) in [4.78, 5) is 21.8. The van der Waals surface area contributed by atoms with E-state index in [-0.39, 0.29) is 35.9 Å². The summed E-state index contributed by atoms with van der Waals surface area (Å²) in [5.41, 5.74) is 0.317. The second-order valence-corrected chi connectivity index (χ2v) is 4.23. The van der Waals surface area contributed by atoms with Crippen LogP contribution < -0.4 is 10.1 Å². The number of alkyl halides is 2. The molecule has 20 heavy (non-hydrogen) atoms. The van der Waals surface area contributed by atoms with E-state index in [1.807, 2.05) is 0 Å². The highest BCUT2D eigenvalue weighted by atomic mass is 35.5. The quantitative estimate of drug-likeness (QED) is 0.811. The lowest BCUT2D eigenvalue weighted by atomic mass is 10.2. The van der Waals surface area contributed by atoms with Gasteiger partial charge < -0.3 is 15.2 Å². The van der Waals surface area contributed by atoms with Crippen molar-refractivity contribution in [1.82, 2.24) is 0 Å². The fourth-order valence-corrected chi connectivity index (χ4v) is 1.62. The molecular weight excluding hydrogens is 296 g/mol. The Kier molecular flexibility index (Phi) is 6.17. The summed E-state index contributed by atoms with van der Waals surface area (Å²) in [6.07, 6.45) is 0.149. The average molecular weight is 308 g/mol. The molecule has 0 atom stereocenters. The summed E-state index contributed by atoms with van der Waals surface area (Å²) in [5.74, 6) is -1.55. The maximum atomic E-state index is 12.0. The third kappa shape index (κ3) is 5.83. The van der Waals surface area contributed by atoms with Crippen LogP contribution in [0.25, 0.3) is 0 Å². The minimum absolute atomic E-state index is 0.0409. The minimum Gasteiger partial charge on any atom is -0.481 e. The number of carboxylic acid groups (broad SMARTS) is 1. The number of carboxylic acids is 1. The molecule has 0 bridgehead atoms. The van der Waals surface area contributed by atoms with Crippen molar-refractivity contribution in [2.45, 2.75) is 25.9 Å². The van der Waals surface area contributed by atoms with Crippen molar-refractivity contribution in [2.75, 3.05) is 5.32 Å². The zero-order valence-corrected chi connectivity index (χ0v) is 11.0. The standard InChI is InChI=1S/C12H12ClF2NO4/c13-8-6-7(4-5-9(8)20-12(14)15)16-10(17)2-1-3-11(18)19/h4-6,12H,1-3H2,(H,16,17)(H,18,19). The van der Waals surface area contributed by atoms with Crippen LogP contribution in [0.1, 0.15) is 19.3 Å². The van der Waals surface area contributed by atoms with Crippen LogP contribution >= 0.6 is 11.6 Å². The first kappa shape index (κ1) is 16.2. The number of ether oxygens (including phenoxy) is 1. The molecule has 0 heterocycles. The van der Waals surface area contributed by atoms with Crippen molar-refractivity contribution in [2.24, 2.45) is 0 Å². The largest absolute Gasteiger partial charge is 0.481 e. The zero-order chi connectivity index (χ0) is 15.1. The van der Waals surface area contributed by atoms with E-state index in [2.05, 4.69) is 10.1 Å². The summed E-state index contributed by atoms with van der Waals surface area (Å²) in [6.45, 7) is -2.98. The first-order chi connectivity index (χ1) is 9.38. The number of benzene rings is 1. The molecule has 0 saturated heterocycles. The van der Waals surface area contributed by atoms with Gasteiger partial charge in [0.1, 0.15) is 5.75 Å². The zero-order valence-electron chi connectivity index (χ0n) is 10.2. The highest BCUT2D eigenvalue weighted by Gasteiger charge is 2.10. The van der Waals surface area contributed by atoms with Crippen LogP contribution in [0.2, 0.25) is 5.02 Å². The van der Waals surface area contributed by atoms with E-state index in [1.54, 1.807) is 0 Å². The molecule has 0 aromatic heterocycles. The van der Waals surface area contributed by atoms with Gasteiger partial charge in [-0.15, -0.1) is 0 Å². The number of carbonyl (C=O) groups is 2. The molecule has 1 aromatic carbocycles. The number of nitrogens with one attached hydrogen (secondary N) is 1. The van der Waals surface area contributed by atoms with Gasteiger partial charge in [-0.05, 0) is 24.6 Å². The normalized spacial score (nSPS) is 10.4. The van der Waals surface area contributed by atoms with Gasteiger partial charge in [-0.2, -0.15) is 8.78 Å². The Bertz CT molecular complexity index is 496. The van der Waals surface area contributed by atoms with E-state index in [0.717, 1.165) is 0 Å². The molecule has 0 aliphatic rings. The van der Waals surface area contributed by atoms with Crippen LogP contribution in [0.3, 0.4) is 0 Å². The molecule has 0 radical (unpaired) electrons. The summed E-state index contributed by atoms with van der Waals surface area (Å²) in [5, 5.41) is 10.8. The number of amides is 1. The lowest BCUT2D eigenvalue weighted by molar-refractivity contribution is -0.137. The van der Waals surface area contributed by atoms with Gasteiger partial charge in [0, 0.05) is 18.5 Å². The molecule has 2 N–H and O–H groups in total. The second-order valence-electron chi connectivity index (χ2n) is 3.82. The number of halogens is 3. The highest BCUT2D eigenvalue weighted by Crippen LogP contribution is 2.28. The monoisotopic (exact) mass is 307 g/mol. The number of rotatable bonds is 7. The third-order valence-electron chi connectivity index (χ3n) is 2.23. The molecule has 0 saturated carbocycles. The second kappa shape index (κ2) is 7.64. The topological polar surface area (TPSA) is 75.6 Å². The Hall–Kier alpha value is -1.89. The molecule has 8 heteroatoms. The third-order valence-corrected chi connectivity index (χ3v) is 2.52. The van der Waals surface area contributed by atoms with E-state index in [1.165, 1.54) is 18.2 Å². The van der Waals surface area contributed by atoms with Crippen molar-refractivity contribution < 1.29 is 28.2 Å².